The summed E-state index contributed by atoms with van der Waals surface area (Å²) in [4.78, 5) is 0. The minimum Gasteiger partial charge on any atom is -0.215 e. The first-order valence-corrected chi connectivity index (χ1v) is 3.65. The molecule has 0 saturated heterocycles. The van der Waals surface area contributed by atoms with Gasteiger partial charge in [-0.05, 0) is 0 Å². The van der Waals surface area contributed by atoms with E-state index in [-0.39, 0.29) is 0 Å². The van der Waals surface area contributed by atoms with Crippen LogP contribution in [0.4, 0.5) is 22.0 Å². The van der Waals surface area contributed by atoms with E-state index in [9.17, 15) is 22.0 Å². The third-order valence-corrected chi connectivity index (χ3v) is 3.29. The fourth-order valence-corrected chi connectivity index (χ4v) is 1.44. The summed E-state index contributed by atoms with van der Waals surface area (Å²) in [5.41, 5.74) is 0. The van der Waals surface area contributed by atoms with Gasteiger partial charge in [0, 0.05) is 0 Å². The molecule has 1 saturated carbocycles. The van der Waals surface area contributed by atoms with Gasteiger partial charge in [-0.15, -0.1) is 0 Å². The van der Waals surface area contributed by atoms with Gasteiger partial charge in [0.25, 0.3) is 5.13 Å². The Morgan fingerprint density at radius 2 is 1.00 bits per heavy atom. The average molecular weight is 249 g/mol. The molecule has 0 nitrogen and oxygen atoms in total. The molecule has 1 fully saturated rings. The highest BCUT2D eigenvalue weighted by Gasteiger charge is 2.96. The number of halogens is 8. The lowest BCUT2D eigenvalue weighted by atomic mass is 9.84. The van der Waals surface area contributed by atoms with Gasteiger partial charge in [0.05, 0.1) is 0 Å². The molecule has 1 atom stereocenters. The zero-order valence-corrected chi connectivity index (χ0v) is 7.29. The maximum Gasteiger partial charge on any atom is 0.363 e. The molecule has 8 heteroatoms. The topological polar surface area (TPSA) is 0 Å². The highest BCUT2D eigenvalue weighted by Crippen LogP contribution is 2.72. The van der Waals surface area contributed by atoms with Crippen LogP contribution in [0.3, 0.4) is 0 Å². The Balaban J connectivity index is 3.16. The predicted octanol–water partition coefficient (Wildman–Crippen LogP) is 3.35. The van der Waals surface area contributed by atoms with Crippen molar-refractivity contribution < 1.29 is 22.0 Å². The first kappa shape index (κ1) is 10.6. The maximum absolute atomic E-state index is 12.5. The Kier molecular flexibility index (Phi) is 1.87. The van der Waals surface area contributed by atoms with Crippen molar-refractivity contribution in [2.24, 2.45) is 0 Å². The van der Waals surface area contributed by atoms with Gasteiger partial charge in [0.15, 0.2) is 0 Å². The number of alkyl halides is 8. The quantitative estimate of drug-likeness (QED) is 0.456. The molecule has 1 rings (SSSR count). The maximum atomic E-state index is 12.5. The van der Waals surface area contributed by atoms with Crippen molar-refractivity contribution in [3.8, 4) is 0 Å². The van der Waals surface area contributed by atoms with Crippen molar-refractivity contribution in [2.75, 3.05) is 0 Å². The second-order valence-electron chi connectivity index (χ2n) is 2.30. The molecule has 0 aliphatic heterocycles. The molecule has 1 unspecified atom stereocenters. The van der Waals surface area contributed by atoms with Gasteiger partial charge in [0.1, 0.15) is 0 Å². The van der Waals surface area contributed by atoms with E-state index >= 15 is 0 Å². The van der Waals surface area contributed by atoms with Crippen molar-refractivity contribution in [1.29, 1.82) is 0 Å². The van der Waals surface area contributed by atoms with Crippen LogP contribution in [0.5, 0.6) is 0 Å². The molecule has 0 aromatic rings. The zero-order chi connectivity index (χ0) is 10.0. The molecule has 0 aromatic carbocycles. The van der Waals surface area contributed by atoms with Crippen molar-refractivity contribution in [2.45, 2.75) is 21.3 Å². The fraction of sp³-hybridized carbons (Fsp3) is 1.00. The molecular formula is C4Cl3F5. The van der Waals surface area contributed by atoms with Gasteiger partial charge in [-0.2, -0.15) is 17.6 Å². The van der Waals surface area contributed by atoms with Gasteiger partial charge >= 0.3 is 11.8 Å². The summed E-state index contributed by atoms with van der Waals surface area (Å²) >= 11 is 13.6. The molecule has 0 spiro atoms. The lowest BCUT2D eigenvalue weighted by Crippen LogP contribution is -2.81. The predicted molar refractivity (Wildman–Crippen MR) is 34.0 cm³/mol. The van der Waals surface area contributed by atoms with Crippen LogP contribution in [0.15, 0.2) is 0 Å². The first-order valence-electron chi connectivity index (χ1n) is 2.51. The molecule has 0 bridgehead atoms. The lowest BCUT2D eigenvalue weighted by Gasteiger charge is -2.53. The van der Waals surface area contributed by atoms with Crippen LogP contribution in [0.1, 0.15) is 0 Å². The second-order valence-corrected chi connectivity index (χ2v) is 4.15. The van der Waals surface area contributed by atoms with Crippen LogP contribution >= 0.6 is 34.8 Å². The van der Waals surface area contributed by atoms with E-state index in [2.05, 4.69) is 34.8 Å². The Bertz CT molecular complexity index is 159. The summed E-state index contributed by atoms with van der Waals surface area (Å²) in [6.07, 6.45) is 0. The van der Waals surface area contributed by atoms with Gasteiger partial charge in [-0.1, -0.05) is 34.8 Å². The number of hydrogen-bond acceptors (Lipinski definition) is 0. The van der Waals surface area contributed by atoms with Crippen molar-refractivity contribution in [1.82, 2.24) is 0 Å². The summed E-state index contributed by atoms with van der Waals surface area (Å²) in [5.74, 6) is -9.91. The number of hydrogen-bond donors (Lipinski definition) is 0. The zero-order valence-electron chi connectivity index (χ0n) is 5.02. The van der Waals surface area contributed by atoms with E-state index in [0.717, 1.165) is 0 Å². The Morgan fingerprint density at radius 1 is 0.667 bits per heavy atom. The molecular weight excluding hydrogens is 249 g/mol. The molecule has 0 N–H and O–H groups in total. The normalized spacial score (nSPS) is 42.0. The van der Waals surface area contributed by atoms with Crippen molar-refractivity contribution >= 4 is 34.8 Å². The van der Waals surface area contributed by atoms with Gasteiger partial charge < -0.3 is 0 Å². The summed E-state index contributed by atoms with van der Waals surface area (Å²) < 4.78 is 57.8. The van der Waals surface area contributed by atoms with Crippen LogP contribution in [0.2, 0.25) is 0 Å². The molecule has 72 valence electrons. The Morgan fingerprint density at radius 3 is 1.08 bits per heavy atom. The largest absolute Gasteiger partial charge is 0.363 e. The van der Waals surface area contributed by atoms with E-state index in [4.69, 9.17) is 0 Å². The standard InChI is InChI=1S/C4Cl3F5/c5-1(6)2(7,8)4(11,12)3(1,9)10. The van der Waals surface area contributed by atoms with Crippen LogP contribution in [-0.2, 0) is 0 Å². The van der Waals surface area contributed by atoms with E-state index < -0.39 is 21.3 Å². The summed E-state index contributed by atoms with van der Waals surface area (Å²) in [5, 5.41) is -4.13. The van der Waals surface area contributed by atoms with Crippen LogP contribution < -0.4 is 0 Å². The van der Waals surface area contributed by atoms with Crippen molar-refractivity contribution in [3.05, 3.63) is 0 Å². The van der Waals surface area contributed by atoms with Gasteiger partial charge in [-0.25, -0.2) is 4.39 Å². The van der Waals surface area contributed by atoms with E-state index in [1.54, 1.807) is 0 Å². The SMILES string of the molecule is FC1(F)C(F)(F)C(Cl)(Cl)C1(F)Cl. The summed E-state index contributed by atoms with van der Waals surface area (Å²) in [7, 11) is 0. The molecule has 0 radical (unpaired) electrons. The summed E-state index contributed by atoms with van der Waals surface area (Å²) in [6.45, 7) is 0. The molecule has 12 heavy (non-hydrogen) atoms. The Labute approximate surface area is 78.6 Å². The van der Waals surface area contributed by atoms with Gasteiger partial charge in [0.2, 0.25) is 4.33 Å². The smallest absolute Gasteiger partial charge is 0.215 e. The number of rotatable bonds is 0. The third kappa shape index (κ3) is 0.715. The minimum absolute atomic E-state index is 3.59. The lowest BCUT2D eigenvalue weighted by molar-refractivity contribution is -0.337. The second kappa shape index (κ2) is 2.12. The van der Waals surface area contributed by atoms with Gasteiger partial charge in [-0.3, -0.25) is 0 Å². The molecule has 1 aliphatic carbocycles. The van der Waals surface area contributed by atoms with E-state index in [1.807, 2.05) is 0 Å². The Hall–Kier alpha value is 0.520. The highest BCUT2D eigenvalue weighted by atomic mass is 35.5. The monoisotopic (exact) mass is 248 g/mol. The van der Waals surface area contributed by atoms with Crippen LogP contribution in [-0.4, -0.2) is 21.3 Å². The first-order chi connectivity index (χ1) is 5.00. The fourth-order valence-electron chi connectivity index (χ4n) is 0.726. The van der Waals surface area contributed by atoms with Crippen molar-refractivity contribution in [3.63, 3.8) is 0 Å². The molecule has 0 amide bonds. The third-order valence-electron chi connectivity index (χ3n) is 1.58. The minimum atomic E-state index is -5.05. The van der Waals surface area contributed by atoms with Crippen LogP contribution in [0.25, 0.3) is 0 Å². The van der Waals surface area contributed by atoms with Crippen LogP contribution in [0, 0.1) is 0 Å². The van der Waals surface area contributed by atoms with E-state index in [0.29, 0.717) is 0 Å². The molecule has 1 aliphatic rings. The average Bonchev–Trinajstić information content (AvgIpc) is 1.84. The molecule has 0 heterocycles. The van der Waals surface area contributed by atoms with E-state index in [1.165, 1.54) is 0 Å². The molecule has 0 aromatic heterocycles. The highest BCUT2D eigenvalue weighted by molar-refractivity contribution is 6.55. The summed E-state index contributed by atoms with van der Waals surface area (Å²) in [6, 6.07) is 0.